The summed E-state index contributed by atoms with van der Waals surface area (Å²) in [6.07, 6.45) is 0. The number of furan rings is 1. The molecule has 2 aromatic heterocycles. The minimum Gasteiger partial charge on any atom is -0.458 e. The lowest BCUT2D eigenvalue weighted by Crippen LogP contribution is -2.40. The molecule has 30 heavy (non-hydrogen) atoms. The predicted molar refractivity (Wildman–Crippen MR) is 110 cm³/mol. The van der Waals surface area contributed by atoms with E-state index >= 15 is 0 Å². The summed E-state index contributed by atoms with van der Waals surface area (Å²) in [6, 6.07) is 16.0. The second-order valence-electron chi connectivity index (χ2n) is 7.10. The number of fused-ring (bicyclic) bond motifs is 1. The van der Waals surface area contributed by atoms with Crippen molar-refractivity contribution in [1.82, 2.24) is 20.4 Å². The predicted octanol–water partition coefficient (Wildman–Crippen LogP) is 4.21. The number of imide groups is 1. The molecule has 0 bridgehead atoms. The average Bonchev–Trinajstić information content (AvgIpc) is 3.43. The van der Waals surface area contributed by atoms with E-state index in [-0.39, 0.29) is 12.4 Å². The number of hydrogen-bond acceptors (Lipinski definition) is 6. The maximum absolute atomic E-state index is 13.1. The maximum Gasteiger partial charge on any atom is 0.325 e. The van der Waals surface area contributed by atoms with Crippen molar-refractivity contribution >= 4 is 38.8 Å². The Morgan fingerprint density at radius 3 is 2.60 bits per heavy atom. The molecule has 2 aromatic carbocycles. The summed E-state index contributed by atoms with van der Waals surface area (Å²) >= 11 is 3.37. The molecule has 0 saturated carbocycles. The molecular formula is C21H15BrN4O4. The summed E-state index contributed by atoms with van der Waals surface area (Å²) in [4.78, 5) is 26.7. The third-order valence-electron chi connectivity index (χ3n) is 5.04. The van der Waals surface area contributed by atoms with Crippen molar-refractivity contribution in [2.45, 2.75) is 19.0 Å². The van der Waals surface area contributed by atoms with Gasteiger partial charge in [-0.05, 0) is 43.3 Å². The number of carbonyl (C=O) groups excluding carboxylic acids is 2. The minimum absolute atomic E-state index is 0.135. The van der Waals surface area contributed by atoms with Gasteiger partial charge in [0.25, 0.3) is 5.91 Å². The first kappa shape index (κ1) is 18.6. The van der Waals surface area contributed by atoms with Gasteiger partial charge in [0.15, 0.2) is 5.54 Å². The van der Waals surface area contributed by atoms with Crippen LogP contribution in [0.25, 0.3) is 22.4 Å². The Morgan fingerprint density at radius 2 is 1.83 bits per heavy atom. The Balaban J connectivity index is 1.40. The Morgan fingerprint density at radius 1 is 1.07 bits per heavy atom. The normalized spacial score (nSPS) is 18.9. The van der Waals surface area contributed by atoms with Gasteiger partial charge in [-0.1, -0.05) is 34.1 Å². The van der Waals surface area contributed by atoms with Crippen molar-refractivity contribution in [1.29, 1.82) is 0 Å². The molecule has 1 N–H and O–H groups in total. The smallest absolute Gasteiger partial charge is 0.325 e. The number of rotatable bonds is 4. The number of carbonyl (C=O) groups is 2. The summed E-state index contributed by atoms with van der Waals surface area (Å²) < 4.78 is 12.4. The molecule has 150 valence electrons. The summed E-state index contributed by atoms with van der Waals surface area (Å²) in [5.74, 6) is 0.385. The van der Waals surface area contributed by atoms with Crippen LogP contribution in [0.5, 0.6) is 0 Å². The number of nitrogens with zero attached hydrogens (tertiary/aromatic N) is 3. The van der Waals surface area contributed by atoms with E-state index in [9.17, 15) is 9.59 Å². The average molecular weight is 467 g/mol. The van der Waals surface area contributed by atoms with Crippen LogP contribution in [0.15, 0.2) is 67.9 Å². The van der Waals surface area contributed by atoms with Crippen LogP contribution in [-0.2, 0) is 16.9 Å². The fourth-order valence-electron chi connectivity index (χ4n) is 3.40. The number of hydrogen-bond donors (Lipinski definition) is 1. The van der Waals surface area contributed by atoms with Crippen molar-refractivity contribution in [3.8, 4) is 11.5 Å². The highest BCUT2D eigenvalue weighted by Crippen LogP contribution is 2.33. The van der Waals surface area contributed by atoms with Crippen molar-refractivity contribution in [2.24, 2.45) is 0 Å². The third-order valence-corrected chi connectivity index (χ3v) is 5.57. The van der Waals surface area contributed by atoms with E-state index in [1.807, 2.05) is 48.5 Å². The van der Waals surface area contributed by atoms with Gasteiger partial charge in [-0.25, -0.2) is 4.79 Å². The molecule has 3 heterocycles. The van der Waals surface area contributed by atoms with E-state index in [0.29, 0.717) is 17.2 Å². The number of benzene rings is 2. The van der Waals surface area contributed by atoms with Gasteiger partial charge in [-0.15, -0.1) is 10.2 Å². The zero-order valence-electron chi connectivity index (χ0n) is 15.8. The molecular weight excluding hydrogens is 452 g/mol. The lowest BCUT2D eigenvalue weighted by atomic mass is 9.99. The zero-order valence-corrected chi connectivity index (χ0v) is 17.3. The number of halogens is 1. The SMILES string of the molecule is CC1(c2cc3ccccc3o2)NC(=O)N(Cc2nnc(-c3ccc(Br)cc3)o2)C1=O. The van der Waals surface area contributed by atoms with Crippen molar-refractivity contribution in [3.05, 3.63) is 70.7 Å². The molecule has 1 aliphatic rings. The maximum atomic E-state index is 13.1. The molecule has 0 aliphatic carbocycles. The van der Waals surface area contributed by atoms with Crippen LogP contribution >= 0.6 is 15.9 Å². The largest absolute Gasteiger partial charge is 0.458 e. The monoisotopic (exact) mass is 466 g/mol. The van der Waals surface area contributed by atoms with E-state index in [2.05, 4.69) is 31.4 Å². The molecule has 1 unspecified atom stereocenters. The van der Waals surface area contributed by atoms with Gasteiger partial charge in [0.2, 0.25) is 11.8 Å². The molecule has 1 saturated heterocycles. The van der Waals surface area contributed by atoms with Crippen LogP contribution in [0, 0.1) is 0 Å². The molecule has 1 aliphatic heterocycles. The second-order valence-corrected chi connectivity index (χ2v) is 8.02. The molecule has 9 heteroatoms. The first-order chi connectivity index (χ1) is 14.4. The molecule has 0 radical (unpaired) electrons. The first-order valence-corrected chi connectivity index (χ1v) is 9.95. The summed E-state index contributed by atoms with van der Waals surface area (Å²) in [7, 11) is 0. The summed E-state index contributed by atoms with van der Waals surface area (Å²) in [5.41, 5.74) is 0.0662. The van der Waals surface area contributed by atoms with E-state index in [1.165, 1.54) is 0 Å². The molecule has 0 spiro atoms. The number of para-hydroxylation sites is 1. The number of aromatic nitrogens is 2. The van der Waals surface area contributed by atoms with Crippen LogP contribution in [0.3, 0.4) is 0 Å². The highest BCUT2D eigenvalue weighted by molar-refractivity contribution is 9.10. The summed E-state index contributed by atoms with van der Waals surface area (Å²) in [5, 5.41) is 11.6. The Kier molecular flexibility index (Phi) is 4.21. The van der Waals surface area contributed by atoms with Gasteiger partial charge in [0.05, 0.1) is 0 Å². The Bertz CT molecular complexity index is 1250. The minimum atomic E-state index is -1.31. The van der Waals surface area contributed by atoms with Gasteiger partial charge >= 0.3 is 6.03 Å². The van der Waals surface area contributed by atoms with Gasteiger partial charge in [-0.3, -0.25) is 9.69 Å². The Hall–Kier alpha value is -3.46. The highest BCUT2D eigenvalue weighted by Gasteiger charge is 2.51. The van der Waals surface area contributed by atoms with Crippen molar-refractivity contribution in [3.63, 3.8) is 0 Å². The van der Waals surface area contributed by atoms with Gasteiger partial charge in [0.1, 0.15) is 17.9 Å². The topological polar surface area (TPSA) is 101 Å². The quantitative estimate of drug-likeness (QED) is 0.452. The molecule has 3 amide bonds. The number of urea groups is 1. The van der Waals surface area contributed by atoms with Crippen molar-refractivity contribution < 1.29 is 18.4 Å². The van der Waals surface area contributed by atoms with E-state index in [1.54, 1.807) is 13.0 Å². The van der Waals surface area contributed by atoms with Gasteiger partial charge in [-0.2, -0.15) is 0 Å². The van der Waals surface area contributed by atoms with Crippen LogP contribution < -0.4 is 5.32 Å². The van der Waals surface area contributed by atoms with E-state index in [0.717, 1.165) is 20.3 Å². The van der Waals surface area contributed by atoms with E-state index in [4.69, 9.17) is 8.83 Å². The molecule has 1 fully saturated rings. The van der Waals surface area contributed by atoms with Crippen molar-refractivity contribution in [2.75, 3.05) is 0 Å². The van der Waals surface area contributed by atoms with Crippen LogP contribution in [0.2, 0.25) is 0 Å². The fourth-order valence-corrected chi connectivity index (χ4v) is 3.66. The first-order valence-electron chi connectivity index (χ1n) is 9.15. The number of amides is 3. The lowest BCUT2D eigenvalue weighted by Gasteiger charge is -2.18. The fraction of sp³-hybridized carbons (Fsp3) is 0.143. The second kappa shape index (κ2) is 6.81. The van der Waals surface area contributed by atoms with Gasteiger partial charge < -0.3 is 14.2 Å². The van der Waals surface area contributed by atoms with Crippen LogP contribution in [-0.4, -0.2) is 27.0 Å². The Labute approximate surface area is 179 Å². The molecule has 5 rings (SSSR count). The molecule has 4 aromatic rings. The lowest BCUT2D eigenvalue weighted by molar-refractivity contribution is -0.132. The van der Waals surface area contributed by atoms with E-state index < -0.39 is 17.5 Å². The standard InChI is InChI=1S/C21H15BrN4O4/c1-21(16-10-13-4-2-3-5-15(13)29-16)19(27)26(20(28)23-21)11-17-24-25-18(30-17)12-6-8-14(22)9-7-12/h2-10H,11H2,1H3,(H,23,28). The molecule has 1 atom stereocenters. The zero-order chi connectivity index (χ0) is 20.9. The highest BCUT2D eigenvalue weighted by atomic mass is 79.9. The van der Waals surface area contributed by atoms with Crippen LogP contribution in [0.1, 0.15) is 18.6 Å². The summed E-state index contributed by atoms with van der Waals surface area (Å²) in [6.45, 7) is 1.48. The van der Waals surface area contributed by atoms with Gasteiger partial charge in [0, 0.05) is 15.4 Å². The van der Waals surface area contributed by atoms with Crippen LogP contribution in [0.4, 0.5) is 4.79 Å². The molecule has 8 nitrogen and oxygen atoms in total. The number of nitrogens with one attached hydrogen (secondary N) is 1. The third kappa shape index (κ3) is 2.98.